The highest BCUT2D eigenvalue weighted by Crippen LogP contribution is 2.34. The third kappa shape index (κ3) is 3.19. The van der Waals surface area contributed by atoms with Crippen molar-refractivity contribution in [3.63, 3.8) is 0 Å². The normalized spacial score (nSPS) is 14.1. The maximum absolute atomic E-state index is 12.1. The van der Waals surface area contributed by atoms with Crippen molar-refractivity contribution in [3.05, 3.63) is 60.0 Å². The summed E-state index contributed by atoms with van der Waals surface area (Å²) in [5.74, 6) is 1.58. The predicted octanol–water partition coefficient (Wildman–Crippen LogP) is 3.45. The highest BCUT2D eigenvalue weighted by molar-refractivity contribution is 5.91. The van der Waals surface area contributed by atoms with Crippen molar-refractivity contribution in [2.24, 2.45) is 0 Å². The van der Waals surface area contributed by atoms with Crippen LogP contribution in [0.2, 0.25) is 0 Å². The molecule has 1 aliphatic rings. The van der Waals surface area contributed by atoms with Crippen molar-refractivity contribution < 1.29 is 18.7 Å². The van der Waals surface area contributed by atoms with Crippen LogP contribution < -0.4 is 14.8 Å². The van der Waals surface area contributed by atoms with E-state index in [2.05, 4.69) is 10.3 Å². The van der Waals surface area contributed by atoms with Crippen LogP contribution in [0.25, 0.3) is 17.2 Å². The standard InChI is InChI=1S/C19H16N2O4/c1-12(13-6-7-16-17(10-13)24-11-23-16)20-18(22)8-9-19-21-14-4-2-3-5-15(14)25-19/h2-10,12H,11H2,1H3,(H,20,22)/b9-8+. The largest absolute Gasteiger partial charge is 0.454 e. The molecule has 0 aliphatic carbocycles. The summed E-state index contributed by atoms with van der Waals surface area (Å²) in [4.78, 5) is 16.4. The smallest absolute Gasteiger partial charge is 0.244 e. The second-order valence-corrected chi connectivity index (χ2v) is 5.70. The highest BCUT2D eigenvalue weighted by Gasteiger charge is 2.16. The van der Waals surface area contributed by atoms with Gasteiger partial charge in [0.2, 0.25) is 18.6 Å². The van der Waals surface area contributed by atoms with E-state index in [1.54, 1.807) is 6.08 Å². The average molecular weight is 336 g/mol. The van der Waals surface area contributed by atoms with Crippen LogP contribution in [0.4, 0.5) is 0 Å². The molecule has 2 heterocycles. The van der Waals surface area contributed by atoms with Crippen LogP contribution >= 0.6 is 0 Å². The zero-order valence-electron chi connectivity index (χ0n) is 13.6. The Morgan fingerprint density at radius 3 is 2.92 bits per heavy atom. The molecule has 25 heavy (non-hydrogen) atoms. The molecule has 0 radical (unpaired) electrons. The first-order valence-corrected chi connectivity index (χ1v) is 7.93. The molecule has 1 aliphatic heterocycles. The molecule has 1 N–H and O–H groups in total. The Labute approximate surface area is 144 Å². The van der Waals surface area contributed by atoms with Crippen molar-refractivity contribution in [1.29, 1.82) is 0 Å². The lowest BCUT2D eigenvalue weighted by molar-refractivity contribution is -0.117. The summed E-state index contributed by atoms with van der Waals surface area (Å²) in [7, 11) is 0. The number of hydrogen-bond donors (Lipinski definition) is 1. The molecule has 1 aromatic heterocycles. The fourth-order valence-electron chi connectivity index (χ4n) is 2.64. The van der Waals surface area contributed by atoms with Gasteiger partial charge in [-0.2, -0.15) is 0 Å². The van der Waals surface area contributed by atoms with E-state index < -0.39 is 0 Å². The van der Waals surface area contributed by atoms with Gasteiger partial charge in [0.15, 0.2) is 17.1 Å². The summed E-state index contributed by atoms with van der Waals surface area (Å²) in [6.45, 7) is 2.13. The van der Waals surface area contributed by atoms with Gasteiger partial charge >= 0.3 is 0 Å². The van der Waals surface area contributed by atoms with Crippen LogP contribution in [0, 0.1) is 0 Å². The summed E-state index contributed by atoms with van der Waals surface area (Å²) in [6, 6.07) is 12.9. The number of fused-ring (bicyclic) bond motifs is 2. The summed E-state index contributed by atoms with van der Waals surface area (Å²) in [5.41, 5.74) is 2.39. The number of benzene rings is 2. The molecule has 0 fully saturated rings. The van der Waals surface area contributed by atoms with Gasteiger partial charge in [-0.1, -0.05) is 18.2 Å². The van der Waals surface area contributed by atoms with E-state index in [-0.39, 0.29) is 18.7 Å². The van der Waals surface area contributed by atoms with E-state index in [9.17, 15) is 4.79 Å². The highest BCUT2D eigenvalue weighted by atomic mass is 16.7. The van der Waals surface area contributed by atoms with Gasteiger partial charge in [0, 0.05) is 12.2 Å². The molecule has 0 saturated heterocycles. The number of aromatic nitrogens is 1. The van der Waals surface area contributed by atoms with E-state index in [1.165, 1.54) is 6.08 Å². The quantitative estimate of drug-likeness (QED) is 0.739. The predicted molar refractivity (Wildman–Crippen MR) is 92.2 cm³/mol. The first-order valence-electron chi connectivity index (χ1n) is 7.93. The Hall–Kier alpha value is -3.28. The molecular weight excluding hydrogens is 320 g/mol. The van der Waals surface area contributed by atoms with Gasteiger partial charge in [-0.15, -0.1) is 0 Å². The number of ether oxygens (including phenoxy) is 2. The summed E-state index contributed by atoms with van der Waals surface area (Å²) >= 11 is 0. The SMILES string of the molecule is CC(NC(=O)/C=C/c1nc2ccccc2o1)c1ccc2c(c1)OCO2. The number of carbonyl (C=O) groups excluding carboxylic acids is 1. The Morgan fingerprint density at radius 2 is 2.04 bits per heavy atom. The van der Waals surface area contributed by atoms with Gasteiger partial charge in [-0.3, -0.25) is 4.79 Å². The van der Waals surface area contributed by atoms with Crippen LogP contribution in [0.3, 0.4) is 0 Å². The lowest BCUT2D eigenvalue weighted by Gasteiger charge is -2.13. The maximum Gasteiger partial charge on any atom is 0.244 e. The molecule has 2 aromatic carbocycles. The molecule has 1 unspecified atom stereocenters. The topological polar surface area (TPSA) is 73.6 Å². The van der Waals surface area contributed by atoms with Gasteiger partial charge in [0.25, 0.3) is 0 Å². The number of amides is 1. The third-order valence-corrected chi connectivity index (χ3v) is 3.94. The first-order chi connectivity index (χ1) is 12.2. The number of oxazole rings is 1. The second kappa shape index (κ2) is 6.32. The molecule has 1 atom stereocenters. The van der Waals surface area contributed by atoms with Crippen molar-refractivity contribution in [2.45, 2.75) is 13.0 Å². The number of nitrogens with zero attached hydrogens (tertiary/aromatic N) is 1. The van der Waals surface area contributed by atoms with Gasteiger partial charge in [-0.05, 0) is 36.8 Å². The van der Waals surface area contributed by atoms with Crippen LogP contribution in [0.5, 0.6) is 11.5 Å². The molecular formula is C19H16N2O4. The molecule has 6 nitrogen and oxygen atoms in total. The number of rotatable bonds is 4. The molecule has 6 heteroatoms. The first kappa shape index (κ1) is 15.3. The number of nitrogens with one attached hydrogen (secondary N) is 1. The summed E-state index contributed by atoms with van der Waals surface area (Å²) in [5, 5.41) is 2.90. The van der Waals surface area contributed by atoms with E-state index >= 15 is 0 Å². The van der Waals surface area contributed by atoms with E-state index in [0.29, 0.717) is 17.2 Å². The number of hydrogen-bond acceptors (Lipinski definition) is 5. The van der Waals surface area contributed by atoms with E-state index in [1.807, 2.05) is 49.4 Å². The van der Waals surface area contributed by atoms with Crippen molar-refractivity contribution in [2.75, 3.05) is 6.79 Å². The van der Waals surface area contributed by atoms with Crippen LogP contribution in [0.15, 0.2) is 53.0 Å². The van der Waals surface area contributed by atoms with E-state index in [4.69, 9.17) is 13.9 Å². The Balaban J connectivity index is 1.42. The van der Waals surface area contributed by atoms with Crippen LogP contribution in [-0.2, 0) is 4.79 Å². The minimum atomic E-state index is -0.229. The number of carbonyl (C=O) groups is 1. The fourth-order valence-corrected chi connectivity index (χ4v) is 2.64. The second-order valence-electron chi connectivity index (χ2n) is 5.70. The van der Waals surface area contributed by atoms with Crippen LogP contribution in [0.1, 0.15) is 24.4 Å². The average Bonchev–Trinajstić information content (AvgIpc) is 3.25. The lowest BCUT2D eigenvalue weighted by atomic mass is 10.1. The zero-order chi connectivity index (χ0) is 17.2. The van der Waals surface area contributed by atoms with Crippen molar-refractivity contribution >= 4 is 23.1 Å². The fraction of sp³-hybridized carbons (Fsp3) is 0.158. The molecule has 3 aromatic rings. The minimum Gasteiger partial charge on any atom is -0.454 e. The van der Waals surface area contributed by atoms with Crippen molar-refractivity contribution in [1.82, 2.24) is 10.3 Å². The van der Waals surface area contributed by atoms with Gasteiger partial charge in [0.05, 0.1) is 6.04 Å². The summed E-state index contributed by atoms with van der Waals surface area (Å²) in [6.07, 6.45) is 2.97. The van der Waals surface area contributed by atoms with Gasteiger partial charge < -0.3 is 19.2 Å². The minimum absolute atomic E-state index is 0.171. The number of para-hydroxylation sites is 2. The molecule has 0 saturated carbocycles. The van der Waals surface area contributed by atoms with Crippen LogP contribution in [-0.4, -0.2) is 17.7 Å². The Bertz CT molecular complexity index is 928. The molecule has 1 amide bonds. The van der Waals surface area contributed by atoms with Gasteiger partial charge in [0.1, 0.15) is 5.52 Å². The Kier molecular flexibility index (Phi) is 3.85. The zero-order valence-corrected chi connectivity index (χ0v) is 13.6. The molecule has 0 bridgehead atoms. The third-order valence-electron chi connectivity index (χ3n) is 3.94. The van der Waals surface area contributed by atoms with Crippen molar-refractivity contribution in [3.8, 4) is 11.5 Å². The van der Waals surface area contributed by atoms with Gasteiger partial charge in [-0.25, -0.2) is 4.98 Å². The molecule has 126 valence electrons. The van der Waals surface area contributed by atoms with E-state index in [0.717, 1.165) is 16.8 Å². The molecule has 4 rings (SSSR count). The monoisotopic (exact) mass is 336 g/mol. The Morgan fingerprint density at radius 1 is 1.20 bits per heavy atom. The maximum atomic E-state index is 12.1. The molecule has 0 spiro atoms. The summed E-state index contributed by atoms with van der Waals surface area (Å²) < 4.78 is 16.2. The lowest BCUT2D eigenvalue weighted by Crippen LogP contribution is -2.24.